The van der Waals surface area contributed by atoms with Gasteiger partial charge >= 0.3 is 0 Å². The van der Waals surface area contributed by atoms with Gasteiger partial charge in [-0.2, -0.15) is 0 Å². The minimum absolute atomic E-state index is 0.00800. The molecule has 3 rings (SSSR count). The Labute approximate surface area is 168 Å². The normalized spacial score (nSPS) is 14.0. The lowest BCUT2D eigenvalue weighted by molar-refractivity contribution is -0.117. The van der Waals surface area contributed by atoms with E-state index in [1.165, 1.54) is 26.4 Å². The van der Waals surface area contributed by atoms with Crippen molar-refractivity contribution in [1.29, 1.82) is 0 Å². The van der Waals surface area contributed by atoms with Crippen LogP contribution in [0.15, 0.2) is 41.3 Å². The van der Waals surface area contributed by atoms with E-state index < -0.39 is 15.9 Å². The molecule has 1 aliphatic rings. The van der Waals surface area contributed by atoms with Crippen molar-refractivity contribution in [3.8, 4) is 11.5 Å². The van der Waals surface area contributed by atoms with E-state index in [9.17, 15) is 18.0 Å². The lowest BCUT2D eigenvalue weighted by atomic mass is 10.1. The maximum absolute atomic E-state index is 12.8. The van der Waals surface area contributed by atoms with E-state index in [1.807, 2.05) is 0 Å². The van der Waals surface area contributed by atoms with Crippen LogP contribution in [0.25, 0.3) is 0 Å². The van der Waals surface area contributed by atoms with Crippen molar-refractivity contribution in [2.45, 2.75) is 17.7 Å². The third kappa shape index (κ3) is 4.33. The molecule has 2 amide bonds. The van der Waals surface area contributed by atoms with Gasteiger partial charge in [0, 0.05) is 18.7 Å². The highest BCUT2D eigenvalue weighted by Gasteiger charge is 2.25. The van der Waals surface area contributed by atoms with Gasteiger partial charge < -0.3 is 19.7 Å². The molecule has 1 fully saturated rings. The molecule has 0 unspecified atom stereocenters. The maximum atomic E-state index is 12.8. The molecule has 3 N–H and O–H groups in total. The van der Waals surface area contributed by atoms with E-state index in [2.05, 4.69) is 5.32 Å². The Morgan fingerprint density at radius 1 is 1.10 bits per heavy atom. The minimum Gasteiger partial charge on any atom is -0.496 e. The van der Waals surface area contributed by atoms with Gasteiger partial charge in [-0.3, -0.25) is 9.59 Å². The monoisotopic (exact) mass is 419 g/mol. The fraction of sp³-hybridized carbons (Fsp3) is 0.263. The van der Waals surface area contributed by atoms with Gasteiger partial charge in [0.15, 0.2) is 0 Å². The molecular formula is C19H21N3O6S. The molecule has 1 saturated heterocycles. The number of nitrogens with two attached hydrogens (primary N) is 1. The second-order valence-corrected chi connectivity index (χ2v) is 7.96. The number of sulfonamides is 1. The molecule has 0 radical (unpaired) electrons. The zero-order chi connectivity index (χ0) is 21.2. The number of benzene rings is 2. The number of anilines is 2. The zero-order valence-corrected chi connectivity index (χ0v) is 16.8. The van der Waals surface area contributed by atoms with Crippen molar-refractivity contribution < 1.29 is 27.5 Å². The molecule has 2 aromatic carbocycles. The van der Waals surface area contributed by atoms with Crippen LogP contribution >= 0.6 is 0 Å². The zero-order valence-electron chi connectivity index (χ0n) is 16.0. The molecule has 10 heteroatoms. The summed E-state index contributed by atoms with van der Waals surface area (Å²) in [5, 5.41) is 7.85. The Morgan fingerprint density at radius 2 is 1.79 bits per heavy atom. The van der Waals surface area contributed by atoms with E-state index in [-0.39, 0.29) is 22.1 Å². The number of carbonyl (C=O) groups excluding carboxylic acids is 2. The first kappa shape index (κ1) is 20.6. The molecule has 9 nitrogen and oxygen atoms in total. The van der Waals surface area contributed by atoms with Crippen molar-refractivity contribution in [3.05, 3.63) is 42.0 Å². The lowest BCUT2D eigenvalue weighted by Crippen LogP contribution is -2.24. The smallest absolute Gasteiger partial charge is 0.259 e. The van der Waals surface area contributed by atoms with Gasteiger partial charge in [-0.25, -0.2) is 13.6 Å². The first-order chi connectivity index (χ1) is 13.7. The predicted molar refractivity (Wildman–Crippen MR) is 107 cm³/mol. The molecule has 1 heterocycles. The highest BCUT2D eigenvalue weighted by molar-refractivity contribution is 7.89. The van der Waals surface area contributed by atoms with E-state index in [0.717, 1.165) is 12.5 Å². The average molecular weight is 419 g/mol. The third-order valence-electron chi connectivity index (χ3n) is 4.55. The number of nitrogens with zero attached hydrogens (tertiary/aromatic N) is 1. The van der Waals surface area contributed by atoms with Gasteiger partial charge in [0.2, 0.25) is 15.9 Å². The van der Waals surface area contributed by atoms with Crippen LogP contribution in [-0.2, 0) is 14.8 Å². The summed E-state index contributed by atoms with van der Waals surface area (Å²) in [7, 11) is -1.12. The van der Waals surface area contributed by atoms with Crippen LogP contribution in [0.2, 0.25) is 0 Å². The van der Waals surface area contributed by atoms with E-state index in [1.54, 1.807) is 23.1 Å². The lowest BCUT2D eigenvalue weighted by Gasteiger charge is -2.20. The van der Waals surface area contributed by atoms with Crippen molar-refractivity contribution in [2.24, 2.45) is 5.14 Å². The minimum atomic E-state index is -3.99. The number of methoxy groups -OCH3 is 2. The Hall–Kier alpha value is -3.11. The van der Waals surface area contributed by atoms with Gasteiger partial charge in [0.25, 0.3) is 5.91 Å². The van der Waals surface area contributed by atoms with Gasteiger partial charge in [0.1, 0.15) is 11.5 Å². The quantitative estimate of drug-likeness (QED) is 0.734. The predicted octanol–water partition coefficient (Wildman–Crippen LogP) is 1.73. The number of primary sulfonamides is 1. The largest absolute Gasteiger partial charge is 0.496 e. The molecule has 1 aliphatic heterocycles. The third-order valence-corrected chi connectivity index (χ3v) is 5.46. The van der Waals surface area contributed by atoms with Crippen molar-refractivity contribution in [3.63, 3.8) is 0 Å². The maximum Gasteiger partial charge on any atom is 0.259 e. The molecular weight excluding hydrogens is 398 g/mol. The fourth-order valence-electron chi connectivity index (χ4n) is 3.12. The first-order valence-electron chi connectivity index (χ1n) is 8.75. The van der Waals surface area contributed by atoms with Crippen LogP contribution in [-0.4, -0.2) is 41.0 Å². The molecule has 0 aliphatic carbocycles. The summed E-state index contributed by atoms with van der Waals surface area (Å²) in [4.78, 5) is 26.3. The number of hydrogen-bond donors (Lipinski definition) is 2. The highest BCUT2D eigenvalue weighted by Crippen LogP contribution is 2.34. The SMILES string of the molecule is COc1ccc(S(N)(=O)=O)cc1C(=O)Nc1ccc(OC)c(N2CCCC2=O)c1. The molecule has 29 heavy (non-hydrogen) atoms. The van der Waals surface area contributed by atoms with E-state index >= 15 is 0 Å². The summed E-state index contributed by atoms with van der Waals surface area (Å²) in [5.74, 6) is 0.0934. The second-order valence-electron chi connectivity index (χ2n) is 6.40. The average Bonchev–Trinajstić information content (AvgIpc) is 3.12. The molecule has 2 aromatic rings. The summed E-state index contributed by atoms with van der Waals surface area (Å²) in [6.45, 7) is 0.566. The second kappa shape index (κ2) is 8.10. The van der Waals surface area contributed by atoms with Crippen LogP contribution in [0.1, 0.15) is 23.2 Å². The summed E-state index contributed by atoms with van der Waals surface area (Å²) in [6.07, 6.45) is 1.20. The topological polar surface area (TPSA) is 128 Å². The van der Waals surface area contributed by atoms with Crippen LogP contribution in [0, 0.1) is 0 Å². The Balaban J connectivity index is 1.94. The molecule has 0 saturated carbocycles. The van der Waals surface area contributed by atoms with Gasteiger partial charge in [-0.05, 0) is 42.8 Å². The molecule has 154 valence electrons. The van der Waals surface area contributed by atoms with Crippen LogP contribution in [0.4, 0.5) is 11.4 Å². The number of rotatable bonds is 6. The van der Waals surface area contributed by atoms with Crippen LogP contribution < -0.4 is 24.8 Å². The molecule has 0 bridgehead atoms. The van der Waals surface area contributed by atoms with Gasteiger partial charge in [-0.1, -0.05) is 0 Å². The van der Waals surface area contributed by atoms with Crippen LogP contribution in [0.3, 0.4) is 0 Å². The number of ether oxygens (including phenoxy) is 2. The molecule has 0 aromatic heterocycles. The Morgan fingerprint density at radius 3 is 2.38 bits per heavy atom. The summed E-state index contributed by atoms with van der Waals surface area (Å²) < 4.78 is 33.7. The fourth-order valence-corrected chi connectivity index (χ4v) is 3.66. The van der Waals surface area contributed by atoms with E-state index in [0.29, 0.717) is 30.1 Å². The number of amides is 2. The molecule has 0 spiro atoms. The van der Waals surface area contributed by atoms with Crippen molar-refractivity contribution in [2.75, 3.05) is 31.0 Å². The highest BCUT2D eigenvalue weighted by atomic mass is 32.2. The number of nitrogens with one attached hydrogen (secondary N) is 1. The van der Waals surface area contributed by atoms with Crippen LogP contribution in [0.5, 0.6) is 11.5 Å². The van der Waals surface area contributed by atoms with Crippen molar-refractivity contribution in [1.82, 2.24) is 0 Å². The summed E-state index contributed by atoms with van der Waals surface area (Å²) in [6, 6.07) is 8.67. The summed E-state index contributed by atoms with van der Waals surface area (Å²) in [5.41, 5.74) is 0.972. The van der Waals surface area contributed by atoms with E-state index in [4.69, 9.17) is 14.6 Å². The first-order valence-corrected chi connectivity index (χ1v) is 10.3. The van der Waals surface area contributed by atoms with Gasteiger partial charge in [-0.15, -0.1) is 0 Å². The Bertz CT molecular complexity index is 1070. The van der Waals surface area contributed by atoms with Gasteiger partial charge in [0.05, 0.1) is 30.4 Å². The molecule has 0 atom stereocenters. The number of hydrogen-bond acceptors (Lipinski definition) is 6. The Kier molecular flexibility index (Phi) is 5.76. The summed E-state index contributed by atoms with van der Waals surface area (Å²) >= 11 is 0. The standard InChI is InChI=1S/C19H21N3O6S/c1-27-16-8-6-13(29(20,25)26)11-14(16)19(24)21-12-5-7-17(28-2)15(10-12)22-9-3-4-18(22)23/h5-8,10-11H,3-4,9H2,1-2H3,(H,21,24)(H2,20,25,26). The van der Waals surface area contributed by atoms with Crippen molar-refractivity contribution >= 4 is 33.2 Å². The number of carbonyl (C=O) groups is 2.